The van der Waals surface area contributed by atoms with E-state index in [2.05, 4.69) is 49.3 Å². The lowest BCUT2D eigenvalue weighted by Crippen LogP contribution is -2.18. The summed E-state index contributed by atoms with van der Waals surface area (Å²) in [6.45, 7) is 3.91. The summed E-state index contributed by atoms with van der Waals surface area (Å²) in [6, 6.07) is 12.1. The summed E-state index contributed by atoms with van der Waals surface area (Å²) in [4.78, 5) is 47.6. The Labute approximate surface area is 359 Å². The van der Waals surface area contributed by atoms with Gasteiger partial charge in [0.15, 0.2) is 0 Å². The number of hydrogen-bond acceptors (Lipinski definition) is 18. The van der Waals surface area contributed by atoms with Crippen molar-refractivity contribution in [1.82, 2.24) is 0 Å². The van der Waals surface area contributed by atoms with Crippen LogP contribution in [0.4, 0.5) is 0 Å². The molecule has 0 bridgehead atoms. The smallest absolute Gasteiger partial charge is 0.317 e. The molecule has 2 heterocycles. The van der Waals surface area contributed by atoms with Crippen LogP contribution in [0, 0.1) is 0 Å². The summed E-state index contributed by atoms with van der Waals surface area (Å²) in [7, 11) is 0. The van der Waals surface area contributed by atoms with E-state index in [-0.39, 0.29) is 39.6 Å². The molecule has 0 N–H and O–H groups in total. The first-order chi connectivity index (χ1) is 27.1. The topological polar surface area (TPSA) is 124 Å². The van der Waals surface area contributed by atoms with Crippen molar-refractivity contribution < 1.29 is 47.6 Å². The van der Waals surface area contributed by atoms with Crippen molar-refractivity contribution in [3.63, 3.8) is 0 Å². The number of hydrogen-bond donors (Lipinski definition) is 0. The van der Waals surface area contributed by atoms with Gasteiger partial charge in [-0.15, -0.1) is 47.0 Å². The van der Waals surface area contributed by atoms with Crippen LogP contribution in [0.1, 0.15) is 26.7 Å². The van der Waals surface area contributed by atoms with E-state index in [1.54, 1.807) is 108 Å². The van der Waals surface area contributed by atoms with Gasteiger partial charge in [0, 0.05) is 10.4 Å². The highest BCUT2D eigenvalue weighted by molar-refractivity contribution is 8.46. The number of benzene rings is 3. The Morgan fingerprint density at radius 3 is 1.14 bits per heavy atom. The highest BCUT2D eigenvalue weighted by Gasteiger charge is 2.26. The maximum absolute atomic E-state index is 12.1. The molecule has 300 valence electrons. The average Bonchev–Trinajstić information content (AvgIpc) is 3.81. The van der Waals surface area contributed by atoms with Crippen molar-refractivity contribution in [2.75, 3.05) is 64.7 Å². The molecule has 2 aliphatic heterocycles. The van der Waals surface area contributed by atoms with Crippen LogP contribution in [0.25, 0.3) is 30.0 Å². The lowest BCUT2D eigenvalue weighted by atomic mass is 9.98. The Morgan fingerprint density at radius 2 is 0.821 bits per heavy atom. The Morgan fingerprint density at radius 1 is 0.482 bits per heavy atom. The third-order valence-electron chi connectivity index (χ3n) is 7.70. The van der Waals surface area contributed by atoms with Crippen molar-refractivity contribution in [2.45, 2.75) is 26.7 Å². The average molecular weight is 913 g/mol. The fraction of sp³-hybridized carbons (Fsp3) is 0.368. The van der Waals surface area contributed by atoms with E-state index < -0.39 is 36.7 Å². The van der Waals surface area contributed by atoms with E-state index in [9.17, 15) is 19.2 Å². The van der Waals surface area contributed by atoms with Gasteiger partial charge in [0.1, 0.15) is 50.8 Å². The summed E-state index contributed by atoms with van der Waals surface area (Å²) in [5, 5.41) is 6.27. The SMILES string of the molecule is CCOC(=O)CC(=O)OCCOc1ccc2c(=C3SC(SC)=C(SC)S3)c3cc(OCCOC(=O)CC(=O)OCC)ccc3c(=C3SC(SC)=C(SC)S3)c2c1. The Balaban J connectivity index is 1.58. The van der Waals surface area contributed by atoms with Crippen molar-refractivity contribution in [1.29, 1.82) is 0 Å². The molecule has 0 aliphatic carbocycles. The fourth-order valence-corrected chi connectivity index (χ4v) is 15.7. The summed E-state index contributed by atoms with van der Waals surface area (Å²) in [5.41, 5.74) is 0. The zero-order chi connectivity index (χ0) is 40.2. The summed E-state index contributed by atoms with van der Waals surface area (Å²) < 4.78 is 39.7. The van der Waals surface area contributed by atoms with Gasteiger partial charge in [-0.05, 0) is 96.8 Å². The van der Waals surface area contributed by atoms with Crippen molar-refractivity contribution in [3.05, 3.63) is 63.8 Å². The van der Waals surface area contributed by atoms with Gasteiger partial charge in [-0.25, -0.2) is 0 Å². The van der Waals surface area contributed by atoms with E-state index in [0.717, 1.165) is 40.5 Å². The number of ether oxygens (including phenoxy) is 6. The lowest BCUT2D eigenvalue weighted by molar-refractivity contribution is -0.156. The van der Waals surface area contributed by atoms with Gasteiger partial charge in [0.25, 0.3) is 0 Å². The zero-order valence-electron chi connectivity index (χ0n) is 31.5. The Kier molecular flexibility index (Phi) is 17.7. The predicted molar refractivity (Wildman–Crippen MR) is 241 cm³/mol. The summed E-state index contributed by atoms with van der Waals surface area (Å²) >= 11 is 14.0. The number of esters is 4. The van der Waals surface area contributed by atoms with Crippen LogP contribution >= 0.6 is 94.1 Å². The molecule has 0 spiro atoms. The lowest BCUT2D eigenvalue weighted by Gasteiger charge is -2.15. The molecule has 3 aromatic rings. The second-order valence-electron chi connectivity index (χ2n) is 11.2. The molecule has 0 saturated carbocycles. The quantitative estimate of drug-likeness (QED) is 0.0398. The van der Waals surface area contributed by atoms with Gasteiger partial charge in [-0.3, -0.25) is 19.2 Å². The maximum Gasteiger partial charge on any atom is 0.317 e. The van der Waals surface area contributed by atoms with Crippen LogP contribution in [-0.2, 0) is 38.1 Å². The van der Waals surface area contributed by atoms with Crippen LogP contribution in [0.3, 0.4) is 0 Å². The second kappa shape index (κ2) is 22.2. The van der Waals surface area contributed by atoms with E-state index in [1.807, 2.05) is 12.1 Å². The Hall–Kier alpha value is -2.32. The van der Waals surface area contributed by atoms with E-state index >= 15 is 0 Å². The standard InChI is InChI=1S/C38H40O10S8/c1-7-43-27(39)19-29(41)47-15-13-45-21-9-11-23-25(17-21)31(33-53-35(49-3)36(50-4)54-33)24-12-10-22(46-14-16-48-30(42)20-28(40)44-8-2)18-26(24)32(23)34-55-37(51-5)38(52-6)56-34/h9-12,17-18H,7-8,13-16,19-20H2,1-6H3. The van der Waals surface area contributed by atoms with Crippen LogP contribution in [-0.4, -0.2) is 88.5 Å². The number of carbonyl (C=O) groups excluding carboxylic acids is 4. The van der Waals surface area contributed by atoms with Crippen LogP contribution in [0.2, 0.25) is 0 Å². The molecule has 3 aromatic carbocycles. The third-order valence-corrected chi connectivity index (χ3v) is 18.2. The van der Waals surface area contributed by atoms with Crippen molar-refractivity contribution in [3.8, 4) is 11.5 Å². The molecular formula is C38H40O10S8. The van der Waals surface area contributed by atoms with Gasteiger partial charge >= 0.3 is 23.9 Å². The van der Waals surface area contributed by atoms with Gasteiger partial charge < -0.3 is 28.4 Å². The van der Waals surface area contributed by atoms with Crippen molar-refractivity contribution in [2.24, 2.45) is 0 Å². The molecule has 56 heavy (non-hydrogen) atoms. The number of rotatable bonds is 18. The number of thioether (sulfide) groups is 8. The van der Waals surface area contributed by atoms with Crippen LogP contribution in [0.5, 0.6) is 11.5 Å². The van der Waals surface area contributed by atoms with E-state index in [1.165, 1.54) is 16.9 Å². The summed E-state index contributed by atoms with van der Waals surface area (Å²) in [6.07, 6.45) is 7.48. The Bertz CT molecular complexity index is 2000. The molecular weight excluding hydrogens is 873 g/mol. The molecule has 0 radical (unpaired) electrons. The largest absolute Gasteiger partial charge is 0.490 e. The molecule has 2 aliphatic rings. The van der Waals surface area contributed by atoms with Crippen LogP contribution in [0.15, 0.2) is 53.3 Å². The number of fused-ring (bicyclic) bond motifs is 2. The zero-order valence-corrected chi connectivity index (χ0v) is 38.0. The fourth-order valence-electron chi connectivity index (χ4n) is 5.45. The van der Waals surface area contributed by atoms with Gasteiger partial charge in [0.05, 0.1) is 38.6 Å². The second-order valence-corrected chi connectivity index (χ2v) is 20.1. The minimum absolute atomic E-state index is 0.0214. The highest BCUT2D eigenvalue weighted by atomic mass is 32.3. The maximum atomic E-state index is 12.1. The van der Waals surface area contributed by atoms with Gasteiger partial charge in [0.2, 0.25) is 0 Å². The van der Waals surface area contributed by atoms with Gasteiger partial charge in [-0.2, -0.15) is 0 Å². The first-order valence-electron chi connectivity index (χ1n) is 17.2. The minimum atomic E-state index is -0.665. The summed E-state index contributed by atoms with van der Waals surface area (Å²) in [5.74, 6) is -1.35. The minimum Gasteiger partial charge on any atom is -0.490 e. The first kappa shape index (κ1) is 44.8. The van der Waals surface area contributed by atoms with E-state index in [0.29, 0.717) is 11.5 Å². The number of carbonyl (C=O) groups is 4. The van der Waals surface area contributed by atoms with Gasteiger partial charge in [-0.1, -0.05) is 47.0 Å². The first-order valence-corrected chi connectivity index (χ1v) is 25.3. The third kappa shape index (κ3) is 11.4. The molecule has 10 nitrogen and oxygen atoms in total. The molecule has 18 heteroatoms. The highest BCUT2D eigenvalue weighted by Crippen LogP contribution is 2.58. The molecule has 0 aromatic heterocycles. The van der Waals surface area contributed by atoms with E-state index in [4.69, 9.17) is 28.4 Å². The predicted octanol–water partition coefficient (Wildman–Crippen LogP) is 8.54. The molecule has 0 fully saturated rings. The molecule has 5 rings (SSSR count). The van der Waals surface area contributed by atoms with Crippen LogP contribution < -0.4 is 19.9 Å². The monoisotopic (exact) mass is 912 g/mol. The molecule has 0 unspecified atom stereocenters. The van der Waals surface area contributed by atoms with Crippen molar-refractivity contribution >= 4 is 148 Å². The normalized spacial score (nSPS) is 14.2. The molecule has 0 saturated heterocycles. The molecule has 0 amide bonds. The molecule has 0 atom stereocenters.